The van der Waals surface area contributed by atoms with Crippen LogP contribution in [0, 0.1) is 5.92 Å². The smallest absolute Gasteiger partial charge is 0.242 e. The van der Waals surface area contributed by atoms with E-state index in [9.17, 15) is 14.4 Å². The first-order chi connectivity index (χ1) is 14.9. The van der Waals surface area contributed by atoms with Gasteiger partial charge in [-0.1, -0.05) is 0 Å². The minimum atomic E-state index is -0.350. The van der Waals surface area contributed by atoms with E-state index >= 15 is 0 Å². The lowest BCUT2D eigenvalue weighted by molar-refractivity contribution is -0.138. The van der Waals surface area contributed by atoms with E-state index in [1.54, 1.807) is 35.0 Å². The largest absolute Gasteiger partial charge is 0.349 e. The summed E-state index contributed by atoms with van der Waals surface area (Å²) in [6, 6.07) is 1.87. The number of anilines is 1. The molecule has 0 radical (unpaired) electrons. The van der Waals surface area contributed by atoms with E-state index in [1.165, 1.54) is 6.42 Å². The number of rotatable bonds is 5. The van der Waals surface area contributed by atoms with E-state index < -0.39 is 0 Å². The molecule has 3 aliphatic heterocycles. The zero-order chi connectivity index (χ0) is 22.0. The molecule has 3 aliphatic rings. The summed E-state index contributed by atoms with van der Waals surface area (Å²) in [6.07, 6.45) is 6.58. The maximum Gasteiger partial charge on any atom is 0.242 e. The molecule has 0 aliphatic carbocycles. The van der Waals surface area contributed by atoms with Gasteiger partial charge in [0.2, 0.25) is 23.7 Å². The predicted octanol–water partition coefficient (Wildman–Crippen LogP) is 0.720. The molecular weight excluding hydrogens is 396 g/mol. The second-order valence-corrected chi connectivity index (χ2v) is 8.99. The molecule has 1 unspecified atom stereocenters. The highest BCUT2D eigenvalue weighted by molar-refractivity contribution is 5.87. The molecule has 3 saturated heterocycles. The molecule has 1 aromatic rings. The van der Waals surface area contributed by atoms with Gasteiger partial charge >= 0.3 is 0 Å². The molecule has 0 spiro atoms. The second-order valence-electron chi connectivity index (χ2n) is 8.99. The summed E-state index contributed by atoms with van der Waals surface area (Å²) in [6.45, 7) is 3.41. The normalized spacial score (nSPS) is 24.1. The van der Waals surface area contributed by atoms with Crippen molar-refractivity contribution in [2.24, 2.45) is 5.92 Å². The van der Waals surface area contributed by atoms with Gasteiger partial charge in [0, 0.05) is 65.4 Å². The van der Waals surface area contributed by atoms with Crippen LogP contribution in [0.5, 0.6) is 0 Å². The first-order valence-corrected chi connectivity index (χ1v) is 11.3. The van der Waals surface area contributed by atoms with Crippen molar-refractivity contribution in [2.45, 2.75) is 38.0 Å². The summed E-state index contributed by atoms with van der Waals surface area (Å²) in [5.74, 6) is 0.111. The fourth-order valence-electron chi connectivity index (χ4n) is 4.84. The molecule has 9 nitrogen and oxygen atoms in total. The van der Waals surface area contributed by atoms with Crippen LogP contribution in [0.3, 0.4) is 0 Å². The fraction of sp³-hybridized carbons (Fsp3) is 0.682. The number of hydrogen-bond donors (Lipinski definition) is 0. The summed E-state index contributed by atoms with van der Waals surface area (Å²) in [5, 5.41) is 0. The highest BCUT2D eigenvalue weighted by Crippen LogP contribution is 2.34. The zero-order valence-electron chi connectivity index (χ0n) is 18.5. The molecule has 3 amide bonds. The Kier molecular flexibility index (Phi) is 6.38. The van der Waals surface area contributed by atoms with Crippen molar-refractivity contribution in [3.05, 3.63) is 18.0 Å². The Morgan fingerprint density at radius 1 is 1.10 bits per heavy atom. The summed E-state index contributed by atoms with van der Waals surface area (Å²) in [5.41, 5.74) is 0.809. The Morgan fingerprint density at radius 3 is 2.55 bits per heavy atom. The van der Waals surface area contributed by atoms with Crippen LogP contribution in [0.4, 0.5) is 5.95 Å². The van der Waals surface area contributed by atoms with Crippen molar-refractivity contribution in [3.63, 3.8) is 0 Å². The first kappa shape index (κ1) is 21.5. The van der Waals surface area contributed by atoms with Gasteiger partial charge in [-0.3, -0.25) is 14.4 Å². The number of carbonyl (C=O) groups is 3. The quantitative estimate of drug-likeness (QED) is 0.687. The van der Waals surface area contributed by atoms with E-state index in [0.29, 0.717) is 32.0 Å². The first-order valence-electron chi connectivity index (χ1n) is 11.3. The third kappa shape index (κ3) is 4.65. The molecule has 0 N–H and O–H groups in total. The minimum Gasteiger partial charge on any atom is -0.349 e. The number of piperidine rings is 1. The van der Waals surface area contributed by atoms with E-state index in [-0.39, 0.29) is 36.1 Å². The fourth-order valence-corrected chi connectivity index (χ4v) is 4.84. The number of nitrogens with zero attached hydrogens (tertiary/aromatic N) is 6. The van der Waals surface area contributed by atoms with Crippen molar-refractivity contribution in [1.29, 1.82) is 0 Å². The van der Waals surface area contributed by atoms with E-state index in [2.05, 4.69) is 9.88 Å². The standard InChI is InChI=1S/C22H32N6O3/c1-25(2)21(31)17-14-28(20(30)15-27-12-6-7-19(27)29)13-16(17)18-8-9-23-22(24-18)26-10-4-3-5-11-26/h8-9,16-17H,3-7,10-15H2,1-2H3/t16-,17?/m0/s1. The van der Waals surface area contributed by atoms with Gasteiger partial charge in [-0.15, -0.1) is 0 Å². The van der Waals surface area contributed by atoms with Gasteiger partial charge in [-0.25, -0.2) is 9.97 Å². The average molecular weight is 429 g/mol. The van der Waals surface area contributed by atoms with Crippen LogP contribution in [0.25, 0.3) is 0 Å². The third-order valence-corrected chi connectivity index (χ3v) is 6.61. The predicted molar refractivity (Wildman–Crippen MR) is 115 cm³/mol. The lowest BCUT2D eigenvalue weighted by atomic mass is 9.91. The molecule has 4 heterocycles. The number of amides is 3. The van der Waals surface area contributed by atoms with Crippen LogP contribution in [0.15, 0.2) is 12.3 Å². The third-order valence-electron chi connectivity index (χ3n) is 6.61. The Bertz CT molecular complexity index is 838. The van der Waals surface area contributed by atoms with Gasteiger partial charge in [0.05, 0.1) is 18.2 Å². The Morgan fingerprint density at radius 2 is 1.87 bits per heavy atom. The number of aromatic nitrogens is 2. The molecule has 0 aromatic carbocycles. The SMILES string of the molecule is CN(C)C(=O)C1CN(C(=O)CN2CCCC2=O)C[C@@H]1c1ccnc(N2CCCCC2)n1. The van der Waals surface area contributed by atoms with Gasteiger partial charge in [-0.05, 0) is 31.7 Å². The molecule has 4 rings (SSSR count). The van der Waals surface area contributed by atoms with Crippen molar-refractivity contribution in [2.75, 3.05) is 58.3 Å². The Hall–Kier alpha value is -2.71. The zero-order valence-corrected chi connectivity index (χ0v) is 18.5. The van der Waals surface area contributed by atoms with Crippen LogP contribution in [-0.4, -0.2) is 95.8 Å². The molecule has 2 atom stereocenters. The van der Waals surface area contributed by atoms with Crippen LogP contribution in [-0.2, 0) is 14.4 Å². The molecule has 1 aromatic heterocycles. The molecule has 3 fully saturated rings. The Labute approximate surface area is 183 Å². The van der Waals surface area contributed by atoms with Crippen LogP contribution in [0.2, 0.25) is 0 Å². The van der Waals surface area contributed by atoms with Crippen molar-refractivity contribution >= 4 is 23.7 Å². The van der Waals surface area contributed by atoms with Crippen molar-refractivity contribution < 1.29 is 14.4 Å². The highest BCUT2D eigenvalue weighted by Gasteiger charge is 2.42. The molecule has 168 valence electrons. The monoisotopic (exact) mass is 428 g/mol. The Balaban J connectivity index is 1.53. The summed E-state index contributed by atoms with van der Waals surface area (Å²) < 4.78 is 0. The number of likely N-dealkylation sites (tertiary alicyclic amines) is 2. The maximum atomic E-state index is 12.9. The van der Waals surface area contributed by atoms with Crippen molar-refractivity contribution in [3.8, 4) is 0 Å². The summed E-state index contributed by atoms with van der Waals surface area (Å²) in [4.78, 5) is 54.2. The van der Waals surface area contributed by atoms with Gasteiger partial charge in [-0.2, -0.15) is 0 Å². The lowest BCUT2D eigenvalue weighted by Crippen LogP contribution is -2.40. The molecule has 0 bridgehead atoms. The molecule has 0 saturated carbocycles. The summed E-state index contributed by atoms with van der Waals surface area (Å²) >= 11 is 0. The van der Waals surface area contributed by atoms with E-state index in [4.69, 9.17) is 4.98 Å². The molecule has 31 heavy (non-hydrogen) atoms. The minimum absolute atomic E-state index is 0.00400. The lowest BCUT2D eigenvalue weighted by Gasteiger charge is -2.27. The van der Waals surface area contributed by atoms with Crippen LogP contribution in [0.1, 0.15) is 43.7 Å². The number of carbonyl (C=O) groups excluding carboxylic acids is 3. The van der Waals surface area contributed by atoms with Gasteiger partial charge < -0.3 is 19.6 Å². The highest BCUT2D eigenvalue weighted by atomic mass is 16.2. The van der Waals surface area contributed by atoms with Gasteiger partial charge in [0.25, 0.3) is 0 Å². The second kappa shape index (κ2) is 9.20. The topological polar surface area (TPSA) is 90.0 Å². The molecular formula is C22H32N6O3. The molecule has 9 heteroatoms. The van der Waals surface area contributed by atoms with Gasteiger partial charge in [0.15, 0.2) is 0 Å². The van der Waals surface area contributed by atoms with E-state index in [1.807, 2.05) is 6.07 Å². The number of hydrogen-bond acceptors (Lipinski definition) is 6. The average Bonchev–Trinajstić information content (AvgIpc) is 3.40. The van der Waals surface area contributed by atoms with E-state index in [0.717, 1.165) is 38.0 Å². The summed E-state index contributed by atoms with van der Waals surface area (Å²) in [7, 11) is 3.48. The maximum absolute atomic E-state index is 12.9. The van der Waals surface area contributed by atoms with Crippen LogP contribution >= 0.6 is 0 Å². The van der Waals surface area contributed by atoms with Crippen LogP contribution < -0.4 is 4.90 Å². The van der Waals surface area contributed by atoms with Gasteiger partial charge in [0.1, 0.15) is 0 Å². The van der Waals surface area contributed by atoms with Crippen molar-refractivity contribution in [1.82, 2.24) is 24.7 Å².